The predicted molar refractivity (Wildman–Crippen MR) is 135 cm³/mol. The molecule has 1 heterocycles. The Morgan fingerprint density at radius 3 is 2.35 bits per heavy atom. The summed E-state index contributed by atoms with van der Waals surface area (Å²) in [6.07, 6.45) is 3.31. The van der Waals surface area contributed by atoms with E-state index in [0.717, 1.165) is 29.7 Å². The van der Waals surface area contributed by atoms with Gasteiger partial charge in [-0.1, -0.05) is 54.6 Å². The Bertz CT molecular complexity index is 1090. The highest BCUT2D eigenvalue weighted by Gasteiger charge is 2.27. The Morgan fingerprint density at radius 2 is 1.65 bits per heavy atom. The number of hydrogen-bond acceptors (Lipinski definition) is 3. The van der Waals surface area contributed by atoms with Gasteiger partial charge in [0, 0.05) is 31.1 Å². The lowest BCUT2D eigenvalue weighted by molar-refractivity contribution is -0.126. The zero-order valence-electron chi connectivity index (χ0n) is 19.7. The van der Waals surface area contributed by atoms with Gasteiger partial charge in [0.15, 0.2) is 0 Å². The third kappa shape index (κ3) is 6.04. The number of amides is 2. The molecule has 4 rings (SSSR count). The maximum absolute atomic E-state index is 13.0. The van der Waals surface area contributed by atoms with Crippen LogP contribution in [0.2, 0.25) is 0 Å². The molecular formula is C29H32N2O3. The standard InChI is InChI=1S/C29H32N2O3/c1-34-27-11-5-10-26(21-27)23-12-14-25(15-13-23)29(33)31-19-16-24(17-20-31)28(32)30-18-6-9-22-7-3-2-4-8-22/h2-5,7-8,10-15,21,24H,6,9,16-20H2,1H3,(H,30,32). The third-order valence-electron chi connectivity index (χ3n) is 6.47. The van der Waals surface area contributed by atoms with Crippen LogP contribution in [0.5, 0.6) is 5.75 Å². The number of benzene rings is 3. The average Bonchev–Trinajstić information content (AvgIpc) is 2.91. The summed E-state index contributed by atoms with van der Waals surface area (Å²) in [5.41, 5.74) is 4.06. The molecule has 0 aromatic heterocycles. The molecule has 0 saturated carbocycles. The van der Waals surface area contributed by atoms with E-state index < -0.39 is 0 Å². The average molecular weight is 457 g/mol. The molecule has 0 atom stereocenters. The van der Waals surface area contributed by atoms with E-state index in [4.69, 9.17) is 4.74 Å². The van der Waals surface area contributed by atoms with Crippen LogP contribution in [-0.2, 0) is 11.2 Å². The molecule has 1 aliphatic rings. The van der Waals surface area contributed by atoms with Crippen molar-refractivity contribution >= 4 is 11.8 Å². The number of aryl methyl sites for hydroxylation is 1. The number of likely N-dealkylation sites (tertiary alicyclic amines) is 1. The topological polar surface area (TPSA) is 58.6 Å². The summed E-state index contributed by atoms with van der Waals surface area (Å²) in [4.78, 5) is 27.4. The minimum atomic E-state index is -0.0174. The monoisotopic (exact) mass is 456 g/mol. The second-order valence-electron chi connectivity index (χ2n) is 8.76. The summed E-state index contributed by atoms with van der Waals surface area (Å²) in [5, 5.41) is 3.08. The van der Waals surface area contributed by atoms with Crippen LogP contribution in [0.25, 0.3) is 11.1 Å². The highest BCUT2D eigenvalue weighted by atomic mass is 16.5. The van der Waals surface area contributed by atoms with E-state index in [-0.39, 0.29) is 17.7 Å². The van der Waals surface area contributed by atoms with Gasteiger partial charge in [-0.3, -0.25) is 9.59 Å². The fourth-order valence-corrected chi connectivity index (χ4v) is 4.43. The van der Waals surface area contributed by atoms with Crippen molar-refractivity contribution in [1.29, 1.82) is 0 Å². The number of ether oxygens (including phenoxy) is 1. The lowest BCUT2D eigenvalue weighted by atomic mass is 9.95. The van der Waals surface area contributed by atoms with Crippen LogP contribution in [0.4, 0.5) is 0 Å². The molecule has 5 nitrogen and oxygen atoms in total. The molecular weight excluding hydrogens is 424 g/mol. The summed E-state index contributed by atoms with van der Waals surface area (Å²) in [6.45, 7) is 1.91. The van der Waals surface area contributed by atoms with E-state index in [9.17, 15) is 9.59 Å². The first-order valence-corrected chi connectivity index (χ1v) is 12.0. The van der Waals surface area contributed by atoms with Crippen molar-refractivity contribution < 1.29 is 14.3 Å². The number of methoxy groups -OCH3 is 1. The lowest BCUT2D eigenvalue weighted by Crippen LogP contribution is -2.43. The van der Waals surface area contributed by atoms with Crippen molar-refractivity contribution in [2.45, 2.75) is 25.7 Å². The Kier molecular flexibility index (Phi) is 7.97. The number of hydrogen-bond donors (Lipinski definition) is 1. The second-order valence-corrected chi connectivity index (χ2v) is 8.76. The number of carbonyl (C=O) groups is 2. The van der Waals surface area contributed by atoms with Crippen LogP contribution < -0.4 is 10.1 Å². The molecule has 0 spiro atoms. The summed E-state index contributed by atoms with van der Waals surface area (Å²) < 4.78 is 5.30. The molecule has 176 valence electrons. The molecule has 0 bridgehead atoms. The van der Waals surface area contributed by atoms with Crippen LogP contribution in [-0.4, -0.2) is 43.5 Å². The van der Waals surface area contributed by atoms with Gasteiger partial charge >= 0.3 is 0 Å². The number of nitrogens with zero attached hydrogens (tertiary/aromatic N) is 1. The molecule has 3 aromatic carbocycles. The molecule has 5 heteroatoms. The van der Waals surface area contributed by atoms with Crippen molar-refractivity contribution in [3.63, 3.8) is 0 Å². The van der Waals surface area contributed by atoms with Gasteiger partial charge in [0.25, 0.3) is 5.91 Å². The van der Waals surface area contributed by atoms with Crippen molar-refractivity contribution in [1.82, 2.24) is 10.2 Å². The Hall–Kier alpha value is -3.60. The zero-order valence-corrected chi connectivity index (χ0v) is 19.7. The molecule has 0 radical (unpaired) electrons. The molecule has 1 saturated heterocycles. The van der Waals surface area contributed by atoms with Gasteiger partial charge in [-0.05, 0) is 66.6 Å². The van der Waals surface area contributed by atoms with Gasteiger partial charge < -0.3 is 15.0 Å². The molecule has 3 aromatic rings. The maximum Gasteiger partial charge on any atom is 0.253 e. The highest BCUT2D eigenvalue weighted by molar-refractivity contribution is 5.95. The van der Waals surface area contributed by atoms with Crippen LogP contribution in [0.1, 0.15) is 35.2 Å². The molecule has 34 heavy (non-hydrogen) atoms. The molecule has 1 fully saturated rings. The molecule has 1 aliphatic heterocycles. The van der Waals surface area contributed by atoms with Crippen LogP contribution in [0, 0.1) is 5.92 Å². The van der Waals surface area contributed by atoms with Crippen molar-refractivity contribution in [3.8, 4) is 16.9 Å². The van der Waals surface area contributed by atoms with E-state index in [1.165, 1.54) is 5.56 Å². The maximum atomic E-state index is 13.0. The van der Waals surface area contributed by atoms with Gasteiger partial charge in [-0.2, -0.15) is 0 Å². The molecule has 0 unspecified atom stereocenters. The van der Waals surface area contributed by atoms with Gasteiger partial charge in [0.2, 0.25) is 5.91 Å². The Labute approximate surface area is 201 Å². The minimum absolute atomic E-state index is 0.0174. The SMILES string of the molecule is COc1cccc(-c2ccc(C(=O)N3CCC(C(=O)NCCCc4ccccc4)CC3)cc2)c1. The van der Waals surface area contributed by atoms with E-state index >= 15 is 0 Å². The minimum Gasteiger partial charge on any atom is -0.497 e. The largest absolute Gasteiger partial charge is 0.497 e. The van der Waals surface area contributed by atoms with E-state index in [1.54, 1.807) is 7.11 Å². The first kappa shape index (κ1) is 23.6. The smallest absolute Gasteiger partial charge is 0.253 e. The predicted octanol–water partition coefficient (Wildman–Crippen LogP) is 4.96. The second kappa shape index (κ2) is 11.5. The Balaban J connectivity index is 1.23. The fraction of sp³-hybridized carbons (Fsp3) is 0.310. The first-order valence-electron chi connectivity index (χ1n) is 12.0. The summed E-state index contributed by atoms with van der Waals surface area (Å²) in [6, 6.07) is 25.9. The van der Waals surface area contributed by atoms with E-state index in [0.29, 0.717) is 38.0 Å². The fourth-order valence-electron chi connectivity index (χ4n) is 4.43. The summed E-state index contributed by atoms with van der Waals surface area (Å²) in [7, 11) is 1.65. The quantitative estimate of drug-likeness (QED) is 0.487. The number of piperidine rings is 1. The third-order valence-corrected chi connectivity index (χ3v) is 6.47. The summed E-state index contributed by atoms with van der Waals surface area (Å²) >= 11 is 0. The Morgan fingerprint density at radius 1 is 0.912 bits per heavy atom. The highest BCUT2D eigenvalue weighted by Crippen LogP contribution is 2.25. The van der Waals surface area contributed by atoms with E-state index in [1.807, 2.05) is 71.6 Å². The van der Waals surface area contributed by atoms with Gasteiger partial charge in [-0.25, -0.2) is 0 Å². The first-order chi connectivity index (χ1) is 16.6. The number of nitrogens with one attached hydrogen (secondary N) is 1. The van der Waals surface area contributed by atoms with Crippen LogP contribution >= 0.6 is 0 Å². The molecule has 0 aliphatic carbocycles. The lowest BCUT2D eigenvalue weighted by Gasteiger charge is -2.31. The van der Waals surface area contributed by atoms with Crippen LogP contribution in [0.3, 0.4) is 0 Å². The van der Waals surface area contributed by atoms with Gasteiger partial charge in [0.1, 0.15) is 5.75 Å². The zero-order chi connectivity index (χ0) is 23.8. The van der Waals surface area contributed by atoms with E-state index in [2.05, 4.69) is 17.4 Å². The van der Waals surface area contributed by atoms with Crippen molar-refractivity contribution in [2.24, 2.45) is 5.92 Å². The van der Waals surface area contributed by atoms with Crippen molar-refractivity contribution in [2.75, 3.05) is 26.7 Å². The van der Waals surface area contributed by atoms with Gasteiger partial charge in [0.05, 0.1) is 7.11 Å². The summed E-state index contributed by atoms with van der Waals surface area (Å²) in [5.74, 6) is 0.929. The molecule has 2 amide bonds. The van der Waals surface area contributed by atoms with Crippen molar-refractivity contribution in [3.05, 3.63) is 90.0 Å². The van der Waals surface area contributed by atoms with Gasteiger partial charge in [-0.15, -0.1) is 0 Å². The molecule has 1 N–H and O–H groups in total. The number of rotatable bonds is 8. The van der Waals surface area contributed by atoms with Crippen LogP contribution in [0.15, 0.2) is 78.9 Å². The normalized spacial score (nSPS) is 14.0. The number of carbonyl (C=O) groups excluding carboxylic acids is 2.